The quantitative estimate of drug-likeness (QED) is 0.504. The van der Waals surface area contributed by atoms with Gasteiger partial charge in [-0.2, -0.15) is 13.2 Å². The highest BCUT2D eigenvalue weighted by Gasteiger charge is 2.60. The Kier molecular flexibility index (Phi) is 6.05. The molecule has 1 aromatic rings. The lowest BCUT2D eigenvalue weighted by Gasteiger charge is -2.37. The Morgan fingerprint density at radius 1 is 1.32 bits per heavy atom. The number of rotatable bonds is 5. The zero-order valence-electron chi connectivity index (χ0n) is 12.8. The molecule has 0 aliphatic heterocycles. The van der Waals surface area contributed by atoms with Gasteiger partial charge < -0.3 is 14.2 Å². The third-order valence-corrected chi connectivity index (χ3v) is 4.84. The normalized spacial score (nSPS) is 23.4. The molecule has 0 aromatic heterocycles. The van der Waals surface area contributed by atoms with Crippen LogP contribution in [-0.2, 0) is 14.3 Å². The van der Waals surface area contributed by atoms with Gasteiger partial charge in [-0.1, -0.05) is 51.8 Å². The smallest absolute Gasteiger partial charge is 0.411 e. The van der Waals surface area contributed by atoms with Crippen LogP contribution in [0.25, 0.3) is 0 Å². The lowest BCUT2D eigenvalue weighted by molar-refractivity contribution is -0.160. The molecule has 0 N–H and O–H groups in total. The first-order valence-corrected chi connectivity index (χ1v) is 8.12. The minimum absolute atomic E-state index is 0.104. The third kappa shape index (κ3) is 4.30. The number of benzene rings is 1. The first kappa shape index (κ1) is 19.7. The zero-order valence-corrected chi connectivity index (χ0v) is 15.2. The molecule has 0 bridgehead atoms. The number of halogens is 5. The molecule has 9 heteroatoms. The second kappa shape index (κ2) is 7.70. The van der Waals surface area contributed by atoms with E-state index in [0.29, 0.717) is 0 Å². The molecule has 1 aliphatic rings. The first-order chi connectivity index (χ1) is 11.7. The summed E-state index contributed by atoms with van der Waals surface area (Å²) in [6, 6.07) is 7.93. The number of methoxy groups -OCH3 is 1. The number of allylic oxidation sites excluding steroid dienone is 1. The number of esters is 1. The molecule has 25 heavy (non-hydrogen) atoms. The Morgan fingerprint density at radius 3 is 2.52 bits per heavy atom. The van der Waals surface area contributed by atoms with Gasteiger partial charge in [0.05, 0.1) is 7.11 Å². The van der Waals surface area contributed by atoms with Crippen LogP contribution in [0.2, 0.25) is 0 Å². The molecule has 1 aromatic carbocycles. The van der Waals surface area contributed by atoms with Crippen LogP contribution in [0.3, 0.4) is 0 Å². The van der Waals surface area contributed by atoms with Gasteiger partial charge in [0.2, 0.25) is 0 Å². The predicted molar refractivity (Wildman–Crippen MR) is 88.6 cm³/mol. The first-order valence-electron chi connectivity index (χ1n) is 6.95. The van der Waals surface area contributed by atoms with E-state index in [1.807, 2.05) is 0 Å². The highest BCUT2D eigenvalue weighted by Crippen LogP contribution is 2.49. The molecule has 2 unspecified atom stereocenters. The maximum Gasteiger partial charge on any atom is 0.411 e. The summed E-state index contributed by atoms with van der Waals surface area (Å²) in [5.41, 5.74) is 0. The Labute approximate surface area is 155 Å². The van der Waals surface area contributed by atoms with Gasteiger partial charge in [-0.25, -0.2) is 4.79 Å². The number of alkyl halides is 4. The molecule has 0 heterocycles. The van der Waals surface area contributed by atoms with Gasteiger partial charge >= 0.3 is 12.1 Å². The number of para-hydroxylation sites is 1. The van der Waals surface area contributed by atoms with Crippen LogP contribution in [-0.4, -0.2) is 36.3 Å². The van der Waals surface area contributed by atoms with Crippen molar-refractivity contribution in [2.75, 3.05) is 13.7 Å². The third-order valence-electron chi connectivity index (χ3n) is 3.33. The SMILES string of the molecule is COC(=O)COC1=C(Cl)C(Oc2ccccc2)C(Br)(C(F)(F)F)C=C1. The average molecular weight is 442 g/mol. The predicted octanol–water partition coefficient (Wildman–Crippen LogP) is 4.34. The van der Waals surface area contributed by atoms with E-state index in [9.17, 15) is 18.0 Å². The Balaban J connectivity index is 2.36. The fourth-order valence-corrected chi connectivity index (χ4v) is 2.93. The van der Waals surface area contributed by atoms with Gasteiger partial charge in [0, 0.05) is 0 Å². The molecule has 136 valence electrons. The summed E-state index contributed by atoms with van der Waals surface area (Å²) < 4.78 is 53.2. The summed E-state index contributed by atoms with van der Waals surface area (Å²) in [7, 11) is 1.16. The van der Waals surface area contributed by atoms with Crippen LogP contribution in [0.5, 0.6) is 5.75 Å². The molecular weight excluding hydrogens is 429 g/mol. The summed E-state index contributed by atoms with van der Waals surface area (Å²) >= 11 is 8.81. The number of ether oxygens (including phenoxy) is 3. The second-order valence-corrected chi connectivity index (χ2v) is 6.71. The summed E-state index contributed by atoms with van der Waals surface area (Å²) in [4.78, 5) is 11.2. The van der Waals surface area contributed by atoms with E-state index in [-0.39, 0.29) is 16.5 Å². The van der Waals surface area contributed by atoms with Crippen molar-refractivity contribution in [3.8, 4) is 5.75 Å². The maximum absolute atomic E-state index is 13.6. The molecule has 4 nitrogen and oxygen atoms in total. The van der Waals surface area contributed by atoms with Crippen LogP contribution in [0.4, 0.5) is 13.2 Å². The van der Waals surface area contributed by atoms with E-state index in [1.165, 1.54) is 12.1 Å². The highest BCUT2D eigenvalue weighted by atomic mass is 79.9. The topological polar surface area (TPSA) is 44.8 Å². The summed E-state index contributed by atoms with van der Waals surface area (Å²) in [6.07, 6.45) is -4.47. The summed E-state index contributed by atoms with van der Waals surface area (Å²) in [5.74, 6) is -0.605. The van der Waals surface area contributed by atoms with Crippen molar-refractivity contribution >= 4 is 33.5 Å². The number of hydrogen-bond donors (Lipinski definition) is 0. The Morgan fingerprint density at radius 2 is 1.96 bits per heavy atom. The number of carbonyl (C=O) groups excluding carboxylic acids is 1. The average Bonchev–Trinajstić information content (AvgIpc) is 2.57. The lowest BCUT2D eigenvalue weighted by atomic mass is 9.95. The van der Waals surface area contributed by atoms with E-state index in [4.69, 9.17) is 21.1 Å². The van der Waals surface area contributed by atoms with Gasteiger partial charge in [0.1, 0.15) is 16.5 Å². The summed E-state index contributed by atoms with van der Waals surface area (Å²) in [5, 5.41) is -0.329. The van der Waals surface area contributed by atoms with E-state index in [1.54, 1.807) is 18.2 Å². The van der Waals surface area contributed by atoms with Crippen molar-refractivity contribution in [2.24, 2.45) is 0 Å². The fourth-order valence-electron chi connectivity index (χ4n) is 2.01. The molecule has 2 atom stereocenters. The molecule has 0 radical (unpaired) electrons. The van der Waals surface area contributed by atoms with Gasteiger partial charge in [0.25, 0.3) is 0 Å². The molecule has 2 rings (SSSR count). The van der Waals surface area contributed by atoms with Crippen LogP contribution in [0, 0.1) is 0 Å². The van der Waals surface area contributed by atoms with Crippen LogP contribution in [0.15, 0.2) is 53.3 Å². The van der Waals surface area contributed by atoms with Gasteiger partial charge in [-0.15, -0.1) is 0 Å². The molecule has 0 spiro atoms. The molecule has 0 saturated heterocycles. The fraction of sp³-hybridized carbons (Fsp3) is 0.312. The monoisotopic (exact) mass is 440 g/mol. The molecular formula is C16H13BrClF3O4. The van der Waals surface area contributed by atoms with Gasteiger partial charge in [-0.3, -0.25) is 0 Å². The zero-order chi connectivity index (χ0) is 18.7. The van der Waals surface area contributed by atoms with Crippen LogP contribution >= 0.6 is 27.5 Å². The standard InChI is InChI=1S/C16H13BrClF3O4/c1-23-12(22)9-24-11-7-8-15(17,16(19,20)21)14(13(11)18)25-10-5-3-2-4-6-10/h2-8,14H,9H2,1H3. The van der Waals surface area contributed by atoms with Gasteiger partial charge in [0.15, 0.2) is 17.0 Å². The maximum atomic E-state index is 13.6. The number of hydrogen-bond acceptors (Lipinski definition) is 4. The van der Waals surface area contributed by atoms with Crippen molar-refractivity contribution in [2.45, 2.75) is 16.6 Å². The molecule has 0 saturated carbocycles. The minimum Gasteiger partial charge on any atom is -0.482 e. The molecule has 0 fully saturated rings. The van der Waals surface area contributed by atoms with E-state index < -0.39 is 29.2 Å². The van der Waals surface area contributed by atoms with E-state index in [2.05, 4.69) is 20.7 Å². The van der Waals surface area contributed by atoms with Crippen molar-refractivity contribution in [3.05, 3.63) is 53.3 Å². The Bertz CT molecular complexity index is 690. The number of carbonyl (C=O) groups is 1. The highest BCUT2D eigenvalue weighted by molar-refractivity contribution is 9.10. The van der Waals surface area contributed by atoms with Crippen molar-refractivity contribution in [1.29, 1.82) is 0 Å². The lowest BCUT2D eigenvalue weighted by Crippen LogP contribution is -2.52. The van der Waals surface area contributed by atoms with E-state index in [0.717, 1.165) is 19.3 Å². The van der Waals surface area contributed by atoms with Crippen LogP contribution in [0.1, 0.15) is 0 Å². The minimum atomic E-state index is -4.70. The Hall–Kier alpha value is -1.67. The van der Waals surface area contributed by atoms with Crippen molar-refractivity contribution in [1.82, 2.24) is 0 Å². The molecule has 1 aliphatic carbocycles. The molecule has 0 amide bonds. The second-order valence-electron chi connectivity index (χ2n) is 4.99. The van der Waals surface area contributed by atoms with Crippen molar-refractivity contribution in [3.63, 3.8) is 0 Å². The van der Waals surface area contributed by atoms with Crippen LogP contribution < -0.4 is 4.74 Å². The van der Waals surface area contributed by atoms with E-state index >= 15 is 0 Å². The summed E-state index contributed by atoms with van der Waals surface area (Å²) in [6.45, 7) is -0.494. The largest absolute Gasteiger partial charge is 0.482 e. The van der Waals surface area contributed by atoms with Gasteiger partial charge in [-0.05, 0) is 18.2 Å². The van der Waals surface area contributed by atoms with Crippen molar-refractivity contribution < 1.29 is 32.2 Å².